The van der Waals surface area contributed by atoms with Gasteiger partial charge in [-0.05, 0) is 72.8 Å². The Bertz CT molecular complexity index is 2000. The number of nitrogens with two attached hydrogens (primary N) is 1. The summed E-state index contributed by atoms with van der Waals surface area (Å²) in [5, 5.41) is 0. The highest BCUT2D eigenvalue weighted by Gasteiger charge is 2.49. The first-order chi connectivity index (χ1) is 24.0. The number of benzene rings is 6. The molecule has 1 aliphatic rings. The average Bonchev–Trinajstić information content (AvgIpc) is 3.11. The Morgan fingerprint density at radius 3 is 0.837 bits per heavy atom. The van der Waals surface area contributed by atoms with Crippen molar-refractivity contribution in [1.29, 1.82) is 0 Å². The van der Waals surface area contributed by atoms with Crippen LogP contribution in [0.3, 0.4) is 0 Å². The van der Waals surface area contributed by atoms with E-state index in [1.807, 2.05) is 91.0 Å². The Hall–Kier alpha value is -5.39. The highest BCUT2D eigenvalue weighted by molar-refractivity contribution is 7.79. The zero-order chi connectivity index (χ0) is 33.4. The molecule has 0 saturated carbocycles. The number of nitrogen functional groups attached to an aromatic ring is 1. The normalized spacial score (nSPS) is 17.1. The lowest BCUT2D eigenvalue weighted by Gasteiger charge is -2.33. The van der Waals surface area contributed by atoms with Crippen LogP contribution in [-0.4, -0.2) is 0 Å². The van der Waals surface area contributed by atoms with Gasteiger partial charge in [0, 0.05) is 0 Å². The fourth-order valence-corrected chi connectivity index (χ4v) is 13.6. The molecule has 1 aliphatic heterocycles. The number of hydrogen-bond acceptors (Lipinski definition) is 10. The molecule has 0 spiro atoms. The summed E-state index contributed by atoms with van der Waals surface area (Å²) in [6.07, 6.45) is 0. The molecule has 0 radical (unpaired) electrons. The van der Waals surface area contributed by atoms with Crippen LogP contribution in [0.1, 0.15) is 0 Å². The average molecular weight is 709 g/mol. The van der Waals surface area contributed by atoms with Crippen molar-refractivity contribution in [2.75, 3.05) is 5.73 Å². The molecule has 2 N–H and O–H groups in total. The minimum atomic E-state index is -3.98. The van der Waals surface area contributed by atoms with Crippen molar-refractivity contribution in [2.24, 2.45) is 13.5 Å². The van der Waals surface area contributed by atoms with Crippen molar-refractivity contribution in [3.63, 3.8) is 0 Å². The van der Waals surface area contributed by atoms with Crippen molar-refractivity contribution >= 4 is 28.7 Å². The first-order valence-electron chi connectivity index (χ1n) is 15.2. The van der Waals surface area contributed by atoms with E-state index in [9.17, 15) is 0 Å². The Morgan fingerprint density at radius 2 is 0.551 bits per heavy atom. The zero-order valence-electron chi connectivity index (χ0n) is 26.0. The van der Waals surface area contributed by atoms with Crippen LogP contribution in [-0.2, 0) is 0 Å². The smallest absolute Gasteiger partial charge is 0.413 e. The number of para-hydroxylation sites is 7. The summed E-state index contributed by atoms with van der Waals surface area (Å²) in [4.78, 5) is 0. The topological polar surface area (TPSA) is 118 Å². The highest BCUT2D eigenvalue weighted by atomic mass is 31.3. The second-order valence-electron chi connectivity index (χ2n) is 10.4. The van der Waals surface area contributed by atoms with Gasteiger partial charge in [0.1, 0.15) is 28.7 Å². The fraction of sp³-hybridized carbons (Fsp3) is 0. The van der Waals surface area contributed by atoms with Crippen molar-refractivity contribution < 1.29 is 27.1 Å². The Kier molecular flexibility index (Phi) is 9.45. The summed E-state index contributed by atoms with van der Waals surface area (Å²) < 4.78 is 55.9. The molecule has 49 heavy (non-hydrogen) atoms. The molecule has 0 amide bonds. The van der Waals surface area contributed by atoms with E-state index in [0.717, 1.165) is 0 Å². The molecule has 6 aromatic rings. The van der Waals surface area contributed by atoms with E-state index in [2.05, 4.69) is 0 Å². The number of anilines is 1. The van der Waals surface area contributed by atoms with Gasteiger partial charge in [-0.3, -0.25) is 0 Å². The van der Waals surface area contributed by atoms with E-state index < -0.39 is 23.0 Å². The van der Waals surface area contributed by atoms with E-state index in [-0.39, 0.29) is 5.75 Å². The molecule has 1 atom stereocenters. The van der Waals surface area contributed by atoms with Gasteiger partial charge in [-0.2, -0.15) is 0 Å². The molecular formula is C36H31N4O6P3. The van der Waals surface area contributed by atoms with Gasteiger partial charge in [-0.15, -0.1) is 0 Å². The summed E-state index contributed by atoms with van der Waals surface area (Å²) in [5.74, 6) is 2.48. The molecule has 7 rings (SSSR count). The standard InChI is InChI=1S/C36H31N4O6P3/c37-35-28-16-17-29-36(35)46-49(45-34-26-14-5-15-27-34)39-47(41-30-18-6-1-7-19-30,42-31-20-8-2-9-21-31)38-48(40-49,43-32-22-10-3-11-23-32)44-33-24-12-4-13-25-33/h1-29H,37H2. The summed E-state index contributed by atoms with van der Waals surface area (Å²) in [6, 6.07) is 52.7. The Balaban J connectivity index is 1.57. The first-order valence-corrected chi connectivity index (χ1v) is 19.8. The van der Waals surface area contributed by atoms with Gasteiger partial charge in [-0.1, -0.05) is 117 Å². The van der Waals surface area contributed by atoms with Crippen LogP contribution in [0.2, 0.25) is 0 Å². The quantitative estimate of drug-likeness (QED) is 0.0992. The molecular weight excluding hydrogens is 677 g/mol. The van der Waals surface area contributed by atoms with Gasteiger partial charge < -0.3 is 32.9 Å². The molecule has 1 unspecified atom stereocenters. The van der Waals surface area contributed by atoms with Gasteiger partial charge in [0.05, 0.1) is 5.69 Å². The van der Waals surface area contributed by atoms with Crippen LogP contribution in [0.15, 0.2) is 189 Å². The van der Waals surface area contributed by atoms with Crippen molar-refractivity contribution in [3.8, 4) is 34.5 Å². The van der Waals surface area contributed by atoms with Gasteiger partial charge in [-0.25, -0.2) is 0 Å². The minimum absolute atomic E-state index is 0.288. The van der Waals surface area contributed by atoms with Crippen LogP contribution < -0.4 is 32.9 Å². The Labute approximate surface area is 284 Å². The van der Waals surface area contributed by atoms with Gasteiger partial charge >= 0.3 is 23.0 Å². The number of nitrogens with zero attached hydrogens (tertiary/aromatic N) is 3. The van der Waals surface area contributed by atoms with Crippen LogP contribution in [0.5, 0.6) is 34.5 Å². The van der Waals surface area contributed by atoms with Crippen LogP contribution >= 0.6 is 23.0 Å². The van der Waals surface area contributed by atoms with Gasteiger partial charge in [0.15, 0.2) is 5.75 Å². The van der Waals surface area contributed by atoms with E-state index in [0.29, 0.717) is 34.4 Å². The number of hydrogen-bond donors (Lipinski definition) is 1. The molecule has 6 aromatic carbocycles. The number of rotatable bonds is 12. The van der Waals surface area contributed by atoms with E-state index in [1.165, 1.54) is 0 Å². The molecule has 246 valence electrons. The summed E-state index contributed by atoms with van der Waals surface area (Å²) in [7, 11) is -11.8. The summed E-state index contributed by atoms with van der Waals surface area (Å²) >= 11 is 0. The van der Waals surface area contributed by atoms with Crippen LogP contribution in [0.25, 0.3) is 0 Å². The molecule has 0 bridgehead atoms. The van der Waals surface area contributed by atoms with Crippen molar-refractivity contribution in [3.05, 3.63) is 176 Å². The first kappa shape index (κ1) is 32.2. The van der Waals surface area contributed by atoms with Crippen LogP contribution in [0, 0.1) is 0 Å². The predicted octanol–water partition coefficient (Wildman–Crippen LogP) is 11.9. The minimum Gasteiger partial charge on any atom is -0.413 e. The predicted molar refractivity (Wildman–Crippen MR) is 195 cm³/mol. The molecule has 0 aromatic heterocycles. The van der Waals surface area contributed by atoms with Crippen LogP contribution in [0.4, 0.5) is 5.69 Å². The molecule has 13 heteroatoms. The van der Waals surface area contributed by atoms with Crippen molar-refractivity contribution in [1.82, 2.24) is 0 Å². The molecule has 0 saturated heterocycles. The third-order valence-electron chi connectivity index (χ3n) is 6.65. The summed E-state index contributed by atoms with van der Waals surface area (Å²) in [6.45, 7) is 0. The highest BCUT2D eigenvalue weighted by Crippen LogP contribution is 2.78. The second-order valence-corrected chi connectivity index (χ2v) is 16.6. The maximum atomic E-state index is 6.75. The third kappa shape index (κ3) is 8.02. The van der Waals surface area contributed by atoms with Gasteiger partial charge in [0.2, 0.25) is 0 Å². The van der Waals surface area contributed by atoms with Gasteiger partial charge in [0.25, 0.3) is 0 Å². The maximum Gasteiger partial charge on any atom is 0.460 e. The summed E-state index contributed by atoms with van der Waals surface area (Å²) in [5.41, 5.74) is 6.79. The lowest BCUT2D eigenvalue weighted by molar-refractivity contribution is 0.443. The molecule has 1 heterocycles. The lowest BCUT2D eigenvalue weighted by Crippen LogP contribution is -2.11. The fourth-order valence-electron chi connectivity index (χ4n) is 4.54. The molecule has 0 fully saturated rings. The van der Waals surface area contributed by atoms with Crippen molar-refractivity contribution in [2.45, 2.75) is 0 Å². The second kappa shape index (κ2) is 14.4. The Morgan fingerprint density at radius 1 is 0.306 bits per heavy atom. The lowest BCUT2D eigenvalue weighted by atomic mass is 10.3. The van der Waals surface area contributed by atoms with E-state index in [1.54, 1.807) is 84.9 Å². The maximum absolute atomic E-state index is 6.75. The molecule has 10 nitrogen and oxygen atoms in total. The monoisotopic (exact) mass is 708 g/mol. The molecule has 0 aliphatic carbocycles. The third-order valence-corrected chi connectivity index (χ3v) is 14.8. The largest absolute Gasteiger partial charge is 0.460 e. The zero-order valence-corrected chi connectivity index (χ0v) is 28.6. The van der Waals surface area contributed by atoms with E-state index in [4.69, 9.17) is 46.4 Å². The van der Waals surface area contributed by atoms with E-state index >= 15 is 0 Å². The SMILES string of the molecule is Nc1ccccc1OP1(Oc2ccccc2)=NP(Oc2ccccc2)(Oc2ccccc2)=NP(Oc2ccccc2)(Oc2ccccc2)=N1.